The number of halogens is 1. The van der Waals surface area contributed by atoms with Crippen molar-refractivity contribution in [2.24, 2.45) is 5.73 Å². The van der Waals surface area contributed by atoms with Gasteiger partial charge in [-0.2, -0.15) is 0 Å². The fourth-order valence-corrected chi connectivity index (χ4v) is 3.06. The van der Waals surface area contributed by atoms with Crippen LogP contribution < -0.4 is 5.73 Å². The lowest BCUT2D eigenvalue weighted by Crippen LogP contribution is -2.42. The number of aromatic nitrogens is 1. The number of hydrogen-bond donors (Lipinski definition) is 1. The molecule has 1 saturated heterocycles. The van der Waals surface area contributed by atoms with Gasteiger partial charge in [-0.1, -0.05) is 11.2 Å². The first-order valence-corrected chi connectivity index (χ1v) is 7.16. The van der Waals surface area contributed by atoms with Gasteiger partial charge in [-0.25, -0.2) is 0 Å². The summed E-state index contributed by atoms with van der Waals surface area (Å²) in [7, 11) is 0. The molecule has 4 nitrogen and oxygen atoms in total. The molecular weight excluding hydrogens is 282 g/mol. The van der Waals surface area contributed by atoms with E-state index in [9.17, 15) is 0 Å². The summed E-state index contributed by atoms with van der Waals surface area (Å²) in [6.45, 7) is 2.90. The van der Waals surface area contributed by atoms with Crippen molar-refractivity contribution in [1.29, 1.82) is 0 Å². The lowest BCUT2D eigenvalue weighted by molar-refractivity contribution is 0.196. The summed E-state index contributed by atoms with van der Waals surface area (Å²) in [6, 6.07) is 6.41. The smallest absolute Gasteiger partial charge is 0.177 e. The number of nitrogens with zero attached hydrogens (tertiary/aromatic N) is 2. The largest absolute Gasteiger partial charge is 0.355 e. The minimum atomic E-state index is 0. The number of hydrogen-bond acceptors (Lipinski definition) is 5. The maximum absolute atomic E-state index is 5.98. The summed E-state index contributed by atoms with van der Waals surface area (Å²) >= 11 is 1.67. The van der Waals surface area contributed by atoms with Crippen LogP contribution in [0, 0.1) is 0 Å². The average Bonchev–Trinajstić information content (AvgIpc) is 2.98. The second-order valence-corrected chi connectivity index (χ2v) is 5.74. The molecule has 0 aliphatic carbocycles. The molecule has 6 heteroatoms. The quantitative estimate of drug-likeness (QED) is 0.947. The van der Waals surface area contributed by atoms with Crippen molar-refractivity contribution in [3.63, 3.8) is 0 Å². The van der Waals surface area contributed by atoms with E-state index in [4.69, 9.17) is 10.3 Å². The Bertz CT molecular complexity index is 500. The molecule has 0 bridgehead atoms. The molecule has 2 N–H and O–H groups in total. The number of likely N-dealkylation sites (tertiary alicyclic amines) is 1. The number of piperidine rings is 1. The Kier molecular flexibility index (Phi) is 4.99. The number of nitrogens with two attached hydrogens (primary N) is 1. The number of thiophene rings is 1. The highest BCUT2D eigenvalue weighted by Gasteiger charge is 2.18. The summed E-state index contributed by atoms with van der Waals surface area (Å²) in [4.78, 5) is 3.48. The summed E-state index contributed by atoms with van der Waals surface area (Å²) in [5, 5.41) is 6.18. The third-order valence-corrected chi connectivity index (χ3v) is 4.13. The first-order valence-electron chi connectivity index (χ1n) is 6.28. The maximum Gasteiger partial charge on any atom is 0.177 e. The van der Waals surface area contributed by atoms with E-state index in [0.29, 0.717) is 6.04 Å². The van der Waals surface area contributed by atoms with Crippen molar-refractivity contribution in [2.45, 2.75) is 25.4 Å². The van der Waals surface area contributed by atoms with Crippen molar-refractivity contribution in [2.75, 3.05) is 13.1 Å². The second kappa shape index (κ2) is 6.52. The first-order chi connectivity index (χ1) is 8.81. The van der Waals surface area contributed by atoms with E-state index >= 15 is 0 Å². The molecule has 2 aromatic rings. The monoisotopic (exact) mass is 299 g/mol. The standard InChI is InChI=1S/C13H17N3OS.ClH/c14-10-3-1-5-16(8-10)9-11-7-12(17-15-11)13-4-2-6-18-13;/h2,4,6-7,10H,1,3,5,8-9,14H2;1H/t10-;/m1./s1. The summed E-state index contributed by atoms with van der Waals surface area (Å²) in [6.07, 6.45) is 2.31. The molecule has 2 aromatic heterocycles. The summed E-state index contributed by atoms with van der Waals surface area (Å²) in [5.41, 5.74) is 6.97. The van der Waals surface area contributed by atoms with Crippen molar-refractivity contribution in [3.8, 4) is 10.6 Å². The average molecular weight is 300 g/mol. The Morgan fingerprint density at radius 2 is 2.42 bits per heavy atom. The fraction of sp³-hybridized carbons (Fsp3) is 0.462. The van der Waals surface area contributed by atoms with Crippen LogP contribution in [0.2, 0.25) is 0 Å². The van der Waals surface area contributed by atoms with Crippen molar-refractivity contribution in [3.05, 3.63) is 29.3 Å². The molecule has 0 amide bonds. The normalized spacial score (nSPS) is 20.2. The molecule has 1 atom stereocenters. The fourth-order valence-electron chi connectivity index (χ4n) is 2.39. The van der Waals surface area contributed by atoms with Crippen LogP contribution >= 0.6 is 23.7 Å². The van der Waals surface area contributed by atoms with Gasteiger partial charge < -0.3 is 10.3 Å². The van der Waals surface area contributed by atoms with Crippen molar-refractivity contribution >= 4 is 23.7 Å². The molecule has 19 heavy (non-hydrogen) atoms. The van der Waals surface area contributed by atoms with Crippen LogP contribution in [-0.2, 0) is 6.54 Å². The zero-order valence-corrected chi connectivity index (χ0v) is 12.3. The van der Waals surface area contributed by atoms with Gasteiger partial charge in [-0.3, -0.25) is 4.90 Å². The van der Waals surface area contributed by atoms with Crippen LogP contribution in [0.3, 0.4) is 0 Å². The lowest BCUT2D eigenvalue weighted by Gasteiger charge is -2.29. The second-order valence-electron chi connectivity index (χ2n) is 4.80. The van der Waals surface area contributed by atoms with Gasteiger partial charge in [0.2, 0.25) is 0 Å². The van der Waals surface area contributed by atoms with Gasteiger partial charge in [0.05, 0.1) is 10.6 Å². The van der Waals surface area contributed by atoms with Gasteiger partial charge in [-0.05, 0) is 30.8 Å². The van der Waals surface area contributed by atoms with Gasteiger partial charge in [0, 0.05) is 25.2 Å². The highest BCUT2D eigenvalue weighted by molar-refractivity contribution is 7.13. The Morgan fingerprint density at radius 1 is 1.53 bits per heavy atom. The molecule has 0 unspecified atom stereocenters. The van der Waals surface area contributed by atoms with Crippen LogP contribution in [0.25, 0.3) is 10.6 Å². The van der Waals surface area contributed by atoms with Gasteiger partial charge in [0.15, 0.2) is 5.76 Å². The van der Waals surface area contributed by atoms with E-state index < -0.39 is 0 Å². The third-order valence-electron chi connectivity index (χ3n) is 3.25. The SMILES string of the molecule is Cl.N[C@@H]1CCCN(Cc2cc(-c3cccs3)on2)C1. The molecule has 104 valence electrons. The molecule has 0 spiro atoms. The minimum Gasteiger partial charge on any atom is -0.355 e. The minimum absolute atomic E-state index is 0. The molecular formula is C13H18ClN3OS. The van der Waals surface area contributed by atoms with E-state index in [2.05, 4.69) is 10.1 Å². The molecule has 1 fully saturated rings. The van der Waals surface area contributed by atoms with Gasteiger partial charge in [-0.15, -0.1) is 23.7 Å². The summed E-state index contributed by atoms with van der Waals surface area (Å²) in [5.74, 6) is 0.862. The van der Waals surface area contributed by atoms with Gasteiger partial charge >= 0.3 is 0 Å². The van der Waals surface area contributed by atoms with E-state index in [-0.39, 0.29) is 12.4 Å². The van der Waals surface area contributed by atoms with Crippen molar-refractivity contribution in [1.82, 2.24) is 10.1 Å². The Hall–Kier alpha value is -0.880. The van der Waals surface area contributed by atoms with Gasteiger partial charge in [0.25, 0.3) is 0 Å². The van der Waals surface area contributed by atoms with E-state index in [0.717, 1.165) is 42.4 Å². The van der Waals surface area contributed by atoms with Crippen molar-refractivity contribution < 1.29 is 4.52 Å². The van der Waals surface area contributed by atoms with Crippen LogP contribution in [-0.4, -0.2) is 29.2 Å². The molecule has 3 rings (SSSR count). The Labute approximate surface area is 123 Å². The Morgan fingerprint density at radius 3 is 3.16 bits per heavy atom. The highest BCUT2D eigenvalue weighted by atomic mass is 35.5. The zero-order chi connectivity index (χ0) is 12.4. The third kappa shape index (κ3) is 3.57. The molecule has 0 radical (unpaired) electrons. The predicted molar refractivity (Wildman–Crippen MR) is 79.6 cm³/mol. The van der Waals surface area contributed by atoms with Crippen LogP contribution in [0.5, 0.6) is 0 Å². The number of rotatable bonds is 3. The zero-order valence-electron chi connectivity index (χ0n) is 10.6. The maximum atomic E-state index is 5.98. The molecule has 1 aliphatic heterocycles. The van der Waals surface area contributed by atoms with E-state index in [1.54, 1.807) is 11.3 Å². The molecule has 0 aromatic carbocycles. The van der Waals surface area contributed by atoms with Crippen LogP contribution in [0.4, 0.5) is 0 Å². The van der Waals surface area contributed by atoms with Crippen LogP contribution in [0.1, 0.15) is 18.5 Å². The predicted octanol–water partition coefficient (Wildman–Crippen LogP) is 2.75. The van der Waals surface area contributed by atoms with E-state index in [1.165, 1.54) is 6.42 Å². The van der Waals surface area contributed by atoms with Gasteiger partial charge in [0.1, 0.15) is 0 Å². The molecule has 3 heterocycles. The summed E-state index contributed by atoms with van der Waals surface area (Å²) < 4.78 is 5.38. The topological polar surface area (TPSA) is 55.3 Å². The van der Waals surface area contributed by atoms with Crippen LogP contribution in [0.15, 0.2) is 28.1 Å². The van der Waals surface area contributed by atoms with E-state index in [1.807, 2.05) is 23.6 Å². The molecule has 1 aliphatic rings. The Balaban J connectivity index is 0.00000133. The lowest BCUT2D eigenvalue weighted by atomic mass is 10.1. The molecule has 0 saturated carbocycles. The highest BCUT2D eigenvalue weighted by Crippen LogP contribution is 2.25. The first kappa shape index (κ1) is 14.5.